The monoisotopic (exact) mass is 176 g/mol. The summed E-state index contributed by atoms with van der Waals surface area (Å²) in [6, 6.07) is -0.130. The van der Waals surface area contributed by atoms with Crippen molar-refractivity contribution >= 4 is 15.9 Å². The highest BCUT2D eigenvalue weighted by Crippen LogP contribution is 2.22. The van der Waals surface area contributed by atoms with Crippen molar-refractivity contribution in [3.05, 3.63) is 0 Å². The van der Waals surface area contributed by atoms with Crippen molar-refractivity contribution < 1.29 is 13.2 Å². The Morgan fingerprint density at radius 3 is 2.91 bits per heavy atom. The average molecular weight is 176 g/mol. The van der Waals surface area contributed by atoms with E-state index < -0.39 is 9.84 Å². The predicted molar refractivity (Wildman–Crippen MR) is 38.9 cm³/mol. The van der Waals surface area contributed by atoms with Crippen molar-refractivity contribution in [1.29, 1.82) is 0 Å². The molecule has 2 heterocycles. The molecular formula is C5H8N2O3S. The normalized spacial score (nSPS) is 39.5. The molecule has 2 atom stereocenters. The molecule has 2 aliphatic rings. The summed E-state index contributed by atoms with van der Waals surface area (Å²) in [5.74, 6) is 0.139. The third kappa shape index (κ3) is 1.07. The Balaban J connectivity index is 2.26. The first-order valence-electron chi connectivity index (χ1n) is 3.27. The maximum atomic E-state index is 11.0. The zero-order valence-electron chi connectivity index (χ0n) is 5.73. The van der Waals surface area contributed by atoms with Gasteiger partial charge in [0.05, 0.1) is 11.5 Å². The molecule has 0 aromatic carbocycles. The van der Waals surface area contributed by atoms with E-state index in [1.807, 2.05) is 0 Å². The second-order valence-corrected chi connectivity index (χ2v) is 4.92. The van der Waals surface area contributed by atoms with E-state index in [0.717, 1.165) is 0 Å². The van der Waals surface area contributed by atoms with Crippen molar-refractivity contribution in [3.63, 3.8) is 0 Å². The van der Waals surface area contributed by atoms with E-state index >= 15 is 0 Å². The Hall–Kier alpha value is -0.780. The van der Waals surface area contributed by atoms with E-state index in [0.29, 0.717) is 0 Å². The SMILES string of the molecule is NC1=N[C@@H]2CS(=O)(=O)C[C@@H]2O1. The van der Waals surface area contributed by atoms with E-state index in [2.05, 4.69) is 4.99 Å². The smallest absolute Gasteiger partial charge is 0.282 e. The minimum atomic E-state index is -2.92. The Bertz CT molecular complexity index is 308. The van der Waals surface area contributed by atoms with Gasteiger partial charge in [0.2, 0.25) is 0 Å². The molecule has 62 valence electrons. The van der Waals surface area contributed by atoms with E-state index in [9.17, 15) is 8.42 Å². The Morgan fingerprint density at radius 1 is 1.55 bits per heavy atom. The van der Waals surface area contributed by atoms with Crippen LogP contribution in [0.25, 0.3) is 0 Å². The molecule has 2 rings (SSSR count). The molecule has 6 heteroatoms. The number of nitrogens with zero attached hydrogens (tertiary/aromatic N) is 1. The fourth-order valence-electron chi connectivity index (χ4n) is 1.38. The third-order valence-electron chi connectivity index (χ3n) is 1.84. The molecular weight excluding hydrogens is 168 g/mol. The van der Waals surface area contributed by atoms with Gasteiger partial charge in [-0.1, -0.05) is 0 Å². The Labute approximate surface area is 64.2 Å². The minimum absolute atomic E-state index is 0.0574. The van der Waals surface area contributed by atoms with Crippen molar-refractivity contribution in [1.82, 2.24) is 0 Å². The molecule has 0 spiro atoms. The highest BCUT2D eigenvalue weighted by Gasteiger charge is 2.43. The molecule has 0 amide bonds. The summed E-state index contributed by atoms with van der Waals surface area (Å²) in [5.41, 5.74) is 5.25. The fraction of sp³-hybridized carbons (Fsp3) is 0.800. The van der Waals surface area contributed by atoms with E-state index in [-0.39, 0.29) is 29.7 Å². The fourth-order valence-corrected chi connectivity index (χ4v) is 3.12. The lowest BCUT2D eigenvalue weighted by atomic mass is 10.2. The van der Waals surface area contributed by atoms with Crippen LogP contribution < -0.4 is 5.73 Å². The molecule has 1 fully saturated rings. The summed E-state index contributed by atoms with van der Waals surface area (Å²) < 4.78 is 26.9. The van der Waals surface area contributed by atoms with Gasteiger partial charge in [-0.3, -0.25) is 0 Å². The Kier molecular flexibility index (Phi) is 1.18. The van der Waals surface area contributed by atoms with Crippen LogP contribution in [0.3, 0.4) is 0 Å². The highest BCUT2D eigenvalue weighted by molar-refractivity contribution is 7.91. The molecule has 0 saturated carbocycles. The quantitative estimate of drug-likeness (QED) is 0.487. The molecule has 1 saturated heterocycles. The molecule has 0 aromatic rings. The van der Waals surface area contributed by atoms with Crippen molar-refractivity contribution in [2.24, 2.45) is 10.7 Å². The maximum Gasteiger partial charge on any atom is 0.282 e. The zero-order valence-corrected chi connectivity index (χ0v) is 6.54. The van der Waals surface area contributed by atoms with Crippen LogP contribution in [-0.4, -0.2) is 38.1 Å². The van der Waals surface area contributed by atoms with Crippen LogP contribution in [0.2, 0.25) is 0 Å². The lowest BCUT2D eigenvalue weighted by Gasteiger charge is -2.03. The first kappa shape index (κ1) is 6.90. The van der Waals surface area contributed by atoms with Crippen LogP contribution in [0.15, 0.2) is 4.99 Å². The summed E-state index contributed by atoms with van der Waals surface area (Å²) in [4.78, 5) is 3.84. The number of rotatable bonds is 0. The first-order valence-corrected chi connectivity index (χ1v) is 5.09. The molecule has 2 N–H and O–H groups in total. The predicted octanol–water partition coefficient (Wildman–Crippen LogP) is -1.50. The highest BCUT2D eigenvalue weighted by atomic mass is 32.2. The molecule has 2 aliphatic heterocycles. The van der Waals surface area contributed by atoms with Gasteiger partial charge in [0, 0.05) is 0 Å². The molecule has 0 radical (unpaired) electrons. The van der Waals surface area contributed by atoms with Gasteiger partial charge in [-0.2, -0.15) is 0 Å². The van der Waals surface area contributed by atoms with Crippen molar-refractivity contribution in [2.75, 3.05) is 11.5 Å². The number of nitrogens with two attached hydrogens (primary N) is 1. The largest absolute Gasteiger partial charge is 0.459 e. The average Bonchev–Trinajstić information content (AvgIpc) is 2.17. The van der Waals surface area contributed by atoms with Crippen LogP contribution in [0.4, 0.5) is 0 Å². The van der Waals surface area contributed by atoms with E-state index in [4.69, 9.17) is 10.5 Å². The van der Waals surface area contributed by atoms with Crippen LogP contribution in [0.1, 0.15) is 0 Å². The van der Waals surface area contributed by atoms with Gasteiger partial charge in [0.25, 0.3) is 6.02 Å². The summed E-state index contributed by atoms with van der Waals surface area (Å²) in [7, 11) is -2.92. The molecule has 5 nitrogen and oxygen atoms in total. The van der Waals surface area contributed by atoms with Gasteiger partial charge in [0.1, 0.15) is 12.1 Å². The number of amidine groups is 1. The number of hydrogen-bond donors (Lipinski definition) is 1. The summed E-state index contributed by atoms with van der Waals surface area (Å²) in [6.07, 6.45) is -0.319. The van der Waals surface area contributed by atoms with Gasteiger partial charge >= 0.3 is 0 Å². The van der Waals surface area contributed by atoms with Crippen molar-refractivity contribution in [3.8, 4) is 0 Å². The maximum absolute atomic E-state index is 11.0. The number of aliphatic imine (C=N–C) groups is 1. The number of ether oxygens (including phenoxy) is 1. The Morgan fingerprint density at radius 2 is 2.27 bits per heavy atom. The zero-order chi connectivity index (χ0) is 8.06. The van der Waals surface area contributed by atoms with Gasteiger partial charge in [-0.15, -0.1) is 0 Å². The molecule has 11 heavy (non-hydrogen) atoms. The van der Waals surface area contributed by atoms with Gasteiger partial charge in [-0.25, -0.2) is 13.4 Å². The lowest BCUT2D eigenvalue weighted by molar-refractivity contribution is 0.227. The van der Waals surface area contributed by atoms with Crippen molar-refractivity contribution in [2.45, 2.75) is 12.1 Å². The topological polar surface area (TPSA) is 81.8 Å². The minimum Gasteiger partial charge on any atom is -0.459 e. The van der Waals surface area contributed by atoms with Crippen LogP contribution in [-0.2, 0) is 14.6 Å². The standard InChI is InChI=1S/C5H8N2O3S/c6-5-7-3-1-11(8,9)2-4(3)10-5/h3-4H,1-2H2,(H2,6,7)/t3-,4+/m1/s1. The number of hydrogen-bond acceptors (Lipinski definition) is 5. The van der Waals surface area contributed by atoms with Gasteiger partial charge in [0.15, 0.2) is 9.84 Å². The summed E-state index contributed by atoms with van der Waals surface area (Å²) in [6.45, 7) is 0. The number of sulfone groups is 1. The number of fused-ring (bicyclic) bond motifs is 1. The molecule has 0 unspecified atom stereocenters. The first-order chi connectivity index (χ1) is 5.07. The molecule has 0 aromatic heterocycles. The van der Waals surface area contributed by atoms with Crippen LogP contribution in [0.5, 0.6) is 0 Å². The van der Waals surface area contributed by atoms with E-state index in [1.54, 1.807) is 0 Å². The van der Waals surface area contributed by atoms with Crippen LogP contribution in [0, 0.1) is 0 Å². The summed E-state index contributed by atoms with van der Waals surface area (Å²) in [5, 5.41) is 0. The van der Waals surface area contributed by atoms with Gasteiger partial charge in [-0.05, 0) is 0 Å². The lowest BCUT2D eigenvalue weighted by Crippen LogP contribution is -2.22. The van der Waals surface area contributed by atoms with Crippen LogP contribution >= 0.6 is 0 Å². The summed E-state index contributed by atoms with van der Waals surface area (Å²) >= 11 is 0. The second kappa shape index (κ2) is 1.88. The third-order valence-corrected chi connectivity index (χ3v) is 3.52. The van der Waals surface area contributed by atoms with Gasteiger partial charge < -0.3 is 10.5 Å². The van der Waals surface area contributed by atoms with E-state index in [1.165, 1.54) is 0 Å². The molecule has 0 bridgehead atoms. The molecule has 0 aliphatic carbocycles. The second-order valence-electron chi connectivity index (χ2n) is 2.77.